The Kier molecular flexibility index (Phi) is 3.58. The number of amides is 1. The van der Waals surface area contributed by atoms with E-state index in [1.54, 1.807) is 6.07 Å². The van der Waals surface area contributed by atoms with Gasteiger partial charge in [0, 0.05) is 31.5 Å². The highest BCUT2D eigenvalue weighted by Crippen LogP contribution is 2.28. The van der Waals surface area contributed by atoms with E-state index in [-0.39, 0.29) is 17.8 Å². The maximum atomic E-state index is 13.0. The summed E-state index contributed by atoms with van der Waals surface area (Å²) in [6, 6.07) is 4.54. The minimum atomic E-state index is -0.324. The number of carbonyl (C=O) groups excluding carboxylic acids is 1. The first-order valence-electron chi connectivity index (χ1n) is 5.59. The van der Waals surface area contributed by atoms with Gasteiger partial charge in [0.05, 0.1) is 0 Å². The van der Waals surface area contributed by atoms with Crippen molar-refractivity contribution in [2.45, 2.75) is 18.9 Å². The standard InChI is InChI=1S/C12H15FN2O2/c13-9-1-2-11-8(5-9)6-10(17-11)7-15-4-3-12(14)16/h1-2,5,10,15H,3-4,6-7H2,(H2,14,16). The van der Waals surface area contributed by atoms with Crippen molar-refractivity contribution < 1.29 is 13.9 Å². The van der Waals surface area contributed by atoms with E-state index in [1.165, 1.54) is 12.1 Å². The molecular formula is C12H15FN2O2. The minimum absolute atomic E-state index is 0.000300. The molecule has 0 spiro atoms. The zero-order valence-electron chi connectivity index (χ0n) is 9.41. The van der Waals surface area contributed by atoms with Gasteiger partial charge in [-0.15, -0.1) is 0 Å². The fourth-order valence-corrected chi connectivity index (χ4v) is 1.88. The number of nitrogens with one attached hydrogen (secondary N) is 1. The number of carbonyl (C=O) groups is 1. The average Bonchev–Trinajstić information content (AvgIpc) is 2.66. The van der Waals surface area contributed by atoms with Crippen LogP contribution in [0.5, 0.6) is 5.75 Å². The third-order valence-corrected chi connectivity index (χ3v) is 2.68. The molecule has 1 aromatic carbocycles. The first-order chi connectivity index (χ1) is 8.15. The van der Waals surface area contributed by atoms with Crippen LogP contribution in [0.1, 0.15) is 12.0 Å². The van der Waals surface area contributed by atoms with E-state index < -0.39 is 0 Å². The molecule has 2 rings (SSSR count). The maximum absolute atomic E-state index is 13.0. The van der Waals surface area contributed by atoms with E-state index in [2.05, 4.69) is 5.32 Å². The van der Waals surface area contributed by atoms with Gasteiger partial charge in [0.15, 0.2) is 0 Å². The Labute approximate surface area is 98.9 Å². The van der Waals surface area contributed by atoms with E-state index in [9.17, 15) is 9.18 Å². The number of fused-ring (bicyclic) bond motifs is 1. The molecule has 1 unspecified atom stereocenters. The van der Waals surface area contributed by atoms with Crippen molar-refractivity contribution in [3.8, 4) is 5.75 Å². The molecule has 4 nitrogen and oxygen atoms in total. The van der Waals surface area contributed by atoms with Crippen LogP contribution >= 0.6 is 0 Å². The number of rotatable bonds is 5. The Hall–Kier alpha value is -1.62. The number of ether oxygens (including phenoxy) is 1. The molecule has 1 amide bonds. The van der Waals surface area contributed by atoms with Gasteiger partial charge in [0.25, 0.3) is 0 Å². The highest BCUT2D eigenvalue weighted by Gasteiger charge is 2.22. The molecular weight excluding hydrogens is 223 g/mol. The van der Waals surface area contributed by atoms with Gasteiger partial charge in [0.1, 0.15) is 17.7 Å². The molecule has 5 heteroatoms. The summed E-state index contributed by atoms with van der Waals surface area (Å²) >= 11 is 0. The number of halogens is 1. The minimum Gasteiger partial charge on any atom is -0.488 e. The summed E-state index contributed by atoms with van der Waals surface area (Å²) in [5.74, 6) is 0.179. The van der Waals surface area contributed by atoms with Crippen LogP contribution in [-0.4, -0.2) is 25.1 Å². The van der Waals surface area contributed by atoms with Crippen molar-refractivity contribution in [2.75, 3.05) is 13.1 Å². The first kappa shape index (κ1) is 11.9. The van der Waals surface area contributed by atoms with Crippen LogP contribution in [0.4, 0.5) is 4.39 Å². The zero-order chi connectivity index (χ0) is 12.3. The number of primary amides is 1. The van der Waals surface area contributed by atoms with Gasteiger partial charge >= 0.3 is 0 Å². The van der Waals surface area contributed by atoms with E-state index in [4.69, 9.17) is 10.5 Å². The third-order valence-electron chi connectivity index (χ3n) is 2.68. The molecule has 1 aromatic rings. The summed E-state index contributed by atoms with van der Waals surface area (Å²) in [7, 11) is 0. The highest BCUT2D eigenvalue weighted by molar-refractivity contribution is 5.73. The second-order valence-electron chi connectivity index (χ2n) is 4.12. The Bertz CT molecular complexity index is 423. The number of benzene rings is 1. The topological polar surface area (TPSA) is 64.4 Å². The normalized spacial score (nSPS) is 17.6. The van der Waals surface area contributed by atoms with E-state index >= 15 is 0 Å². The van der Waals surface area contributed by atoms with Crippen LogP contribution in [0.15, 0.2) is 18.2 Å². The van der Waals surface area contributed by atoms with Crippen molar-refractivity contribution in [1.82, 2.24) is 5.32 Å². The molecule has 92 valence electrons. The first-order valence-corrected chi connectivity index (χ1v) is 5.59. The summed E-state index contributed by atoms with van der Waals surface area (Å²) in [5.41, 5.74) is 5.92. The lowest BCUT2D eigenvalue weighted by molar-refractivity contribution is -0.117. The highest BCUT2D eigenvalue weighted by atomic mass is 19.1. The SMILES string of the molecule is NC(=O)CCNCC1Cc2cc(F)ccc2O1. The number of hydrogen-bond acceptors (Lipinski definition) is 3. The molecule has 0 aliphatic carbocycles. The van der Waals surface area contributed by atoms with Gasteiger partial charge in [-0.05, 0) is 18.2 Å². The molecule has 0 saturated carbocycles. The van der Waals surface area contributed by atoms with Gasteiger partial charge in [-0.2, -0.15) is 0 Å². The largest absolute Gasteiger partial charge is 0.488 e. The fraction of sp³-hybridized carbons (Fsp3) is 0.417. The van der Waals surface area contributed by atoms with Crippen molar-refractivity contribution in [2.24, 2.45) is 5.73 Å². The van der Waals surface area contributed by atoms with E-state index in [0.29, 0.717) is 25.9 Å². The molecule has 0 saturated heterocycles. The Morgan fingerprint density at radius 1 is 1.59 bits per heavy atom. The number of hydrogen-bond donors (Lipinski definition) is 2. The fourth-order valence-electron chi connectivity index (χ4n) is 1.88. The predicted octanol–water partition coefficient (Wildman–Crippen LogP) is 0.594. The van der Waals surface area contributed by atoms with Crippen LogP contribution in [0.3, 0.4) is 0 Å². The van der Waals surface area contributed by atoms with Gasteiger partial charge < -0.3 is 15.8 Å². The summed E-state index contributed by atoms with van der Waals surface area (Å²) in [4.78, 5) is 10.5. The average molecular weight is 238 g/mol. The Balaban J connectivity index is 1.78. The molecule has 1 atom stereocenters. The lowest BCUT2D eigenvalue weighted by atomic mass is 10.1. The monoisotopic (exact) mass is 238 g/mol. The van der Waals surface area contributed by atoms with Crippen molar-refractivity contribution >= 4 is 5.91 Å². The van der Waals surface area contributed by atoms with Gasteiger partial charge in [-0.25, -0.2) is 4.39 Å². The Morgan fingerprint density at radius 2 is 2.41 bits per heavy atom. The van der Waals surface area contributed by atoms with E-state index in [0.717, 1.165) is 11.3 Å². The van der Waals surface area contributed by atoms with Crippen LogP contribution in [0, 0.1) is 5.82 Å². The van der Waals surface area contributed by atoms with Crippen molar-refractivity contribution in [1.29, 1.82) is 0 Å². The number of nitrogens with two attached hydrogens (primary N) is 1. The van der Waals surface area contributed by atoms with Gasteiger partial charge in [-0.3, -0.25) is 4.79 Å². The molecule has 17 heavy (non-hydrogen) atoms. The molecule has 0 fully saturated rings. The third kappa shape index (κ3) is 3.17. The summed E-state index contributed by atoms with van der Waals surface area (Å²) in [5, 5.41) is 3.09. The zero-order valence-corrected chi connectivity index (χ0v) is 9.41. The van der Waals surface area contributed by atoms with Gasteiger partial charge in [0.2, 0.25) is 5.91 Å². The Morgan fingerprint density at radius 3 is 3.18 bits per heavy atom. The molecule has 3 N–H and O–H groups in total. The lowest BCUT2D eigenvalue weighted by Gasteiger charge is -2.11. The quantitative estimate of drug-likeness (QED) is 0.738. The van der Waals surface area contributed by atoms with Crippen molar-refractivity contribution in [3.63, 3.8) is 0 Å². The predicted molar refractivity (Wildman–Crippen MR) is 61.2 cm³/mol. The molecule has 0 radical (unpaired) electrons. The molecule has 1 aliphatic heterocycles. The molecule has 0 aromatic heterocycles. The van der Waals surface area contributed by atoms with E-state index in [1.807, 2.05) is 0 Å². The summed E-state index contributed by atoms with van der Waals surface area (Å²) < 4.78 is 18.6. The van der Waals surface area contributed by atoms with Gasteiger partial charge in [-0.1, -0.05) is 0 Å². The molecule has 1 aliphatic rings. The molecule has 1 heterocycles. The summed E-state index contributed by atoms with van der Waals surface area (Å²) in [6.45, 7) is 1.17. The smallest absolute Gasteiger partial charge is 0.218 e. The second-order valence-corrected chi connectivity index (χ2v) is 4.12. The van der Waals surface area contributed by atoms with Crippen molar-refractivity contribution in [3.05, 3.63) is 29.6 Å². The maximum Gasteiger partial charge on any atom is 0.218 e. The lowest BCUT2D eigenvalue weighted by Crippen LogP contribution is -2.32. The van der Waals surface area contributed by atoms with Crippen LogP contribution in [-0.2, 0) is 11.2 Å². The van der Waals surface area contributed by atoms with Crippen LogP contribution in [0.2, 0.25) is 0 Å². The van der Waals surface area contributed by atoms with Crippen LogP contribution < -0.4 is 15.8 Å². The van der Waals surface area contributed by atoms with Crippen LogP contribution in [0.25, 0.3) is 0 Å². The summed E-state index contributed by atoms with van der Waals surface area (Å²) in [6.07, 6.45) is 1.00. The second kappa shape index (κ2) is 5.14. The molecule has 0 bridgehead atoms.